The highest BCUT2D eigenvalue weighted by atomic mass is 16.2. The molecule has 0 saturated heterocycles. The highest BCUT2D eigenvalue weighted by molar-refractivity contribution is 5.94. The Morgan fingerprint density at radius 1 is 1.19 bits per heavy atom. The zero-order valence-corrected chi connectivity index (χ0v) is 15.6. The molecule has 0 atom stereocenters. The minimum atomic E-state index is -0.161. The van der Waals surface area contributed by atoms with E-state index >= 15 is 0 Å². The van der Waals surface area contributed by atoms with Crippen molar-refractivity contribution in [2.24, 2.45) is 0 Å². The van der Waals surface area contributed by atoms with Crippen molar-refractivity contribution in [3.05, 3.63) is 80.3 Å². The lowest BCUT2D eigenvalue weighted by molar-refractivity contribution is 0.0750. The number of nitrogens with one attached hydrogen (secondary N) is 1. The van der Waals surface area contributed by atoms with Crippen LogP contribution in [0.15, 0.2) is 35.1 Å². The van der Waals surface area contributed by atoms with Crippen LogP contribution in [0.5, 0.6) is 0 Å². The molecule has 0 unspecified atom stereocenters. The van der Waals surface area contributed by atoms with Gasteiger partial charge in [0.1, 0.15) is 5.82 Å². The van der Waals surface area contributed by atoms with Gasteiger partial charge in [-0.1, -0.05) is 12.1 Å². The van der Waals surface area contributed by atoms with Crippen molar-refractivity contribution in [1.82, 2.24) is 24.6 Å². The van der Waals surface area contributed by atoms with Crippen LogP contribution in [-0.4, -0.2) is 30.6 Å². The number of fused-ring (bicyclic) bond motifs is 1. The average Bonchev–Trinajstić information content (AvgIpc) is 3.17. The van der Waals surface area contributed by atoms with Crippen LogP contribution in [0.3, 0.4) is 0 Å². The first kappa shape index (κ1) is 17.2. The molecule has 1 aliphatic rings. The minimum absolute atomic E-state index is 0.0970. The SMILES string of the molecule is Cc1cc(C)n(Cc2cccc(C(=O)N3Cc4nc(C)[nH]c(=O)c4C3)c2)n1. The first-order valence-electron chi connectivity index (χ1n) is 8.88. The normalized spacial score (nSPS) is 13.1. The Kier molecular flexibility index (Phi) is 4.14. The Bertz CT molecular complexity index is 1100. The Hall–Kier alpha value is -3.22. The predicted molar refractivity (Wildman–Crippen MR) is 100 cm³/mol. The topological polar surface area (TPSA) is 83.9 Å². The largest absolute Gasteiger partial charge is 0.328 e. The van der Waals surface area contributed by atoms with Gasteiger partial charge in [0.2, 0.25) is 0 Å². The lowest BCUT2D eigenvalue weighted by Gasteiger charge is -2.15. The van der Waals surface area contributed by atoms with E-state index in [1.165, 1.54) is 0 Å². The second kappa shape index (κ2) is 6.50. The molecular formula is C20H21N5O2. The summed E-state index contributed by atoms with van der Waals surface area (Å²) in [6.07, 6.45) is 0. The summed E-state index contributed by atoms with van der Waals surface area (Å²) in [6.45, 7) is 6.99. The number of nitrogens with zero attached hydrogens (tertiary/aromatic N) is 4. The second-order valence-electron chi connectivity index (χ2n) is 7.02. The van der Waals surface area contributed by atoms with Gasteiger partial charge in [0.15, 0.2) is 0 Å². The number of aromatic amines is 1. The van der Waals surface area contributed by atoms with Crippen LogP contribution in [0.1, 0.15) is 44.4 Å². The molecule has 0 bridgehead atoms. The van der Waals surface area contributed by atoms with Gasteiger partial charge in [0.05, 0.1) is 36.6 Å². The van der Waals surface area contributed by atoms with Crippen molar-refractivity contribution in [3.8, 4) is 0 Å². The minimum Gasteiger partial charge on any atom is -0.328 e. The number of rotatable bonds is 3. The van der Waals surface area contributed by atoms with E-state index in [4.69, 9.17) is 0 Å². The van der Waals surface area contributed by atoms with Gasteiger partial charge >= 0.3 is 0 Å². The quantitative estimate of drug-likeness (QED) is 0.772. The summed E-state index contributed by atoms with van der Waals surface area (Å²) in [5.41, 5.74) is 4.77. The number of carbonyl (C=O) groups is 1. The number of benzene rings is 1. The molecule has 0 saturated carbocycles. The molecule has 1 N–H and O–H groups in total. The van der Waals surface area contributed by atoms with Crippen molar-refractivity contribution < 1.29 is 4.79 Å². The van der Waals surface area contributed by atoms with E-state index in [9.17, 15) is 9.59 Å². The number of H-pyrrole nitrogens is 1. The third-order valence-electron chi connectivity index (χ3n) is 4.81. The summed E-state index contributed by atoms with van der Waals surface area (Å²) in [5, 5.41) is 4.48. The molecule has 138 valence electrons. The fourth-order valence-electron chi connectivity index (χ4n) is 3.53. The number of hydrogen-bond acceptors (Lipinski definition) is 4. The molecule has 3 heterocycles. The Balaban J connectivity index is 1.56. The molecule has 0 fully saturated rings. The smallest absolute Gasteiger partial charge is 0.256 e. The van der Waals surface area contributed by atoms with Crippen LogP contribution in [0.2, 0.25) is 0 Å². The molecule has 3 aromatic rings. The van der Waals surface area contributed by atoms with Crippen molar-refractivity contribution in [3.63, 3.8) is 0 Å². The first-order valence-corrected chi connectivity index (χ1v) is 8.88. The molecule has 7 nitrogen and oxygen atoms in total. The summed E-state index contributed by atoms with van der Waals surface area (Å²) < 4.78 is 1.93. The van der Waals surface area contributed by atoms with E-state index in [-0.39, 0.29) is 11.5 Å². The molecule has 1 aromatic carbocycles. The fourth-order valence-corrected chi connectivity index (χ4v) is 3.53. The molecule has 27 heavy (non-hydrogen) atoms. The molecular weight excluding hydrogens is 342 g/mol. The maximum Gasteiger partial charge on any atom is 0.256 e. The molecule has 4 rings (SSSR count). The van der Waals surface area contributed by atoms with Gasteiger partial charge in [-0.15, -0.1) is 0 Å². The van der Waals surface area contributed by atoms with Gasteiger partial charge in [-0.05, 0) is 44.5 Å². The summed E-state index contributed by atoms with van der Waals surface area (Å²) >= 11 is 0. The van der Waals surface area contributed by atoms with Crippen LogP contribution in [0, 0.1) is 20.8 Å². The standard InChI is InChI=1S/C20H21N5O2/c1-12-7-13(2)25(23-12)9-15-5-4-6-16(8-15)20(27)24-10-17-18(11-24)21-14(3)22-19(17)26/h4-8H,9-11H2,1-3H3,(H,21,22,26). The maximum absolute atomic E-state index is 13.0. The second-order valence-corrected chi connectivity index (χ2v) is 7.02. The molecule has 0 spiro atoms. The first-order chi connectivity index (χ1) is 12.9. The van der Waals surface area contributed by atoms with Crippen molar-refractivity contribution in [2.45, 2.75) is 40.4 Å². The molecule has 0 radical (unpaired) electrons. The maximum atomic E-state index is 13.0. The third-order valence-corrected chi connectivity index (χ3v) is 4.81. The number of aryl methyl sites for hydroxylation is 3. The lowest BCUT2D eigenvalue weighted by atomic mass is 10.1. The van der Waals surface area contributed by atoms with E-state index in [2.05, 4.69) is 15.1 Å². The van der Waals surface area contributed by atoms with Gasteiger partial charge in [-0.2, -0.15) is 5.10 Å². The molecule has 2 aromatic heterocycles. The van der Waals surface area contributed by atoms with Crippen LogP contribution in [0.25, 0.3) is 0 Å². The van der Waals surface area contributed by atoms with Gasteiger partial charge < -0.3 is 9.88 Å². The van der Waals surface area contributed by atoms with Gasteiger partial charge in [-0.3, -0.25) is 14.3 Å². The van der Waals surface area contributed by atoms with Gasteiger partial charge in [-0.25, -0.2) is 4.98 Å². The van der Waals surface area contributed by atoms with E-state index in [0.717, 1.165) is 17.0 Å². The summed E-state index contributed by atoms with van der Waals surface area (Å²) in [5.74, 6) is 0.472. The lowest BCUT2D eigenvalue weighted by Crippen LogP contribution is -2.26. The van der Waals surface area contributed by atoms with E-state index in [1.807, 2.05) is 42.8 Å². The van der Waals surface area contributed by atoms with Crippen LogP contribution in [0.4, 0.5) is 0 Å². The molecule has 1 aliphatic heterocycles. The van der Waals surface area contributed by atoms with E-state index < -0.39 is 0 Å². The van der Waals surface area contributed by atoms with Crippen LogP contribution in [-0.2, 0) is 19.6 Å². The fraction of sp³-hybridized carbons (Fsp3) is 0.300. The summed E-state index contributed by atoms with van der Waals surface area (Å²) in [4.78, 5) is 33.8. The molecule has 7 heteroatoms. The predicted octanol–water partition coefficient (Wildman–Crippen LogP) is 2.10. The van der Waals surface area contributed by atoms with E-state index in [0.29, 0.717) is 42.3 Å². The summed E-state index contributed by atoms with van der Waals surface area (Å²) in [6, 6.07) is 9.60. The number of hydrogen-bond donors (Lipinski definition) is 1. The van der Waals surface area contributed by atoms with Gasteiger partial charge in [0, 0.05) is 11.3 Å². The average molecular weight is 363 g/mol. The Morgan fingerprint density at radius 2 is 2.00 bits per heavy atom. The third kappa shape index (κ3) is 3.28. The highest BCUT2D eigenvalue weighted by Crippen LogP contribution is 2.21. The Morgan fingerprint density at radius 3 is 2.74 bits per heavy atom. The number of aromatic nitrogens is 4. The summed E-state index contributed by atoms with van der Waals surface area (Å²) in [7, 11) is 0. The molecule has 1 amide bonds. The Labute approximate surface area is 156 Å². The number of carbonyl (C=O) groups excluding carboxylic acids is 1. The van der Waals surface area contributed by atoms with Crippen molar-refractivity contribution in [2.75, 3.05) is 0 Å². The zero-order valence-electron chi connectivity index (χ0n) is 15.6. The van der Waals surface area contributed by atoms with Gasteiger partial charge in [0.25, 0.3) is 11.5 Å². The number of amides is 1. The van der Waals surface area contributed by atoms with E-state index in [1.54, 1.807) is 17.9 Å². The van der Waals surface area contributed by atoms with Crippen molar-refractivity contribution >= 4 is 5.91 Å². The zero-order chi connectivity index (χ0) is 19.1. The van der Waals surface area contributed by atoms with Crippen LogP contribution < -0.4 is 5.56 Å². The molecule has 0 aliphatic carbocycles. The van der Waals surface area contributed by atoms with Crippen molar-refractivity contribution in [1.29, 1.82) is 0 Å². The highest BCUT2D eigenvalue weighted by Gasteiger charge is 2.28. The van der Waals surface area contributed by atoms with Crippen LogP contribution >= 0.6 is 0 Å². The monoisotopic (exact) mass is 363 g/mol.